The van der Waals surface area contributed by atoms with Gasteiger partial charge in [0.05, 0.1) is 28.0 Å². The van der Waals surface area contributed by atoms with Crippen LogP contribution < -0.4 is 0 Å². The van der Waals surface area contributed by atoms with Crippen molar-refractivity contribution in [3.63, 3.8) is 0 Å². The molecule has 0 aliphatic heterocycles. The molecule has 1 spiro atoms. The zero-order valence-electron chi connectivity index (χ0n) is 32.0. The Morgan fingerprint density at radius 2 is 0.847 bits per heavy atom. The van der Waals surface area contributed by atoms with E-state index in [0.29, 0.717) is 5.82 Å². The fourth-order valence-corrected chi connectivity index (χ4v) is 9.78. The van der Waals surface area contributed by atoms with Crippen LogP contribution in [0.1, 0.15) is 22.3 Å². The molecule has 274 valence electrons. The van der Waals surface area contributed by atoms with Gasteiger partial charge in [0.25, 0.3) is 0 Å². The van der Waals surface area contributed by atoms with Crippen molar-refractivity contribution in [2.24, 2.45) is 0 Å². The first kappa shape index (κ1) is 33.4. The van der Waals surface area contributed by atoms with Gasteiger partial charge in [-0.05, 0) is 74.3 Å². The van der Waals surface area contributed by atoms with Gasteiger partial charge in [0, 0.05) is 33.2 Å². The topological polar surface area (TPSA) is 38.7 Å². The van der Waals surface area contributed by atoms with Crippen molar-refractivity contribution in [2.75, 3.05) is 0 Å². The van der Waals surface area contributed by atoms with Crippen LogP contribution in [-0.4, -0.2) is 15.0 Å². The summed E-state index contributed by atoms with van der Waals surface area (Å²) in [6, 6.07) is 76.0. The van der Waals surface area contributed by atoms with E-state index < -0.39 is 5.41 Å². The number of pyridine rings is 1. The Morgan fingerprint density at radius 3 is 1.56 bits per heavy atom. The average molecular weight is 750 g/mol. The zero-order chi connectivity index (χ0) is 38.9. The summed E-state index contributed by atoms with van der Waals surface area (Å²) >= 11 is 0. The highest BCUT2D eigenvalue weighted by Crippen LogP contribution is 2.65. The minimum absolute atomic E-state index is 0.560. The molecule has 59 heavy (non-hydrogen) atoms. The maximum absolute atomic E-state index is 5.43. The van der Waals surface area contributed by atoms with Gasteiger partial charge in [-0.25, -0.2) is 15.0 Å². The van der Waals surface area contributed by atoms with Crippen molar-refractivity contribution in [1.82, 2.24) is 15.0 Å². The number of benzene rings is 8. The van der Waals surface area contributed by atoms with Gasteiger partial charge < -0.3 is 0 Å². The molecule has 0 saturated carbocycles. The van der Waals surface area contributed by atoms with E-state index in [4.69, 9.17) is 15.0 Å². The fourth-order valence-electron chi connectivity index (χ4n) is 9.78. The standard InChI is InChI=1S/C56H35N3/c1-4-17-36(18-5-1)50-35-51(37-19-6-2-7-20-37)59-55(58-50)41-24-16-23-39(33-41)40-31-32-43-42-25-10-13-28-46(42)56(48(43)34-40)47-29-14-11-26-44(47)52-53(56)45-27-12-15-30-49(45)57-54(52)38-21-8-3-9-22-38/h1-35H. The SMILES string of the molecule is c1ccc(-c2cc(-c3ccccc3)nc(-c3cccc(-c4ccc5c(c4)C4(c6ccccc6-5)c5ccccc5-c5c(-c6ccccc6)nc6ccccc6c54)c3)n2)cc1. The second kappa shape index (κ2) is 13.2. The number of rotatable bonds is 5. The summed E-state index contributed by atoms with van der Waals surface area (Å²) in [7, 11) is 0. The Bertz CT molecular complexity index is 3210. The van der Waals surface area contributed by atoms with Crippen molar-refractivity contribution in [1.29, 1.82) is 0 Å². The molecule has 0 saturated heterocycles. The van der Waals surface area contributed by atoms with Crippen LogP contribution >= 0.6 is 0 Å². The summed E-state index contributed by atoms with van der Waals surface area (Å²) in [6.45, 7) is 0. The smallest absolute Gasteiger partial charge is 0.160 e. The van der Waals surface area contributed by atoms with Crippen molar-refractivity contribution >= 4 is 10.9 Å². The first-order chi connectivity index (χ1) is 29.3. The summed E-state index contributed by atoms with van der Waals surface area (Å²) < 4.78 is 0. The third-order valence-electron chi connectivity index (χ3n) is 12.3. The van der Waals surface area contributed by atoms with Gasteiger partial charge in [-0.3, -0.25) is 0 Å². The minimum atomic E-state index is -0.560. The van der Waals surface area contributed by atoms with Crippen LogP contribution in [-0.2, 0) is 5.41 Å². The molecule has 0 bridgehead atoms. The van der Waals surface area contributed by atoms with Crippen LogP contribution in [0.5, 0.6) is 0 Å². The molecule has 2 aliphatic carbocycles. The van der Waals surface area contributed by atoms with Crippen molar-refractivity contribution in [2.45, 2.75) is 5.41 Å². The van der Waals surface area contributed by atoms with Crippen LogP contribution in [0.2, 0.25) is 0 Å². The molecule has 0 amide bonds. The van der Waals surface area contributed by atoms with Crippen LogP contribution in [0.15, 0.2) is 212 Å². The third-order valence-corrected chi connectivity index (χ3v) is 12.3. The summed E-state index contributed by atoms with van der Waals surface area (Å²) in [5.74, 6) is 0.697. The number of nitrogens with zero attached hydrogens (tertiary/aromatic N) is 3. The lowest BCUT2D eigenvalue weighted by Crippen LogP contribution is -2.26. The van der Waals surface area contributed by atoms with E-state index in [2.05, 4.69) is 200 Å². The van der Waals surface area contributed by atoms with E-state index in [1.807, 2.05) is 12.1 Å². The molecule has 1 unspecified atom stereocenters. The quantitative estimate of drug-likeness (QED) is 0.176. The maximum atomic E-state index is 5.43. The van der Waals surface area contributed by atoms with E-state index >= 15 is 0 Å². The Hall–Kier alpha value is -7.75. The van der Waals surface area contributed by atoms with Gasteiger partial charge in [-0.15, -0.1) is 0 Å². The highest BCUT2D eigenvalue weighted by Gasteiger charge is 2.53. The molecule has 1 atom stereocenters. The minimum Gasteiger partial charge on any atom is -0.247 e. The molecule has 0 radical (unpaired) electrons. The van der Waals surface area contributed by atoms with Gasteiger partial charge in [0.2, 0.25) is 0 Å². The van der Waals surface area contributed by atoms with E-state index in [0.717, 1.165) is 56.0 Å². The largest absolute Gasteiger partial charge is 0.247 e. The molecule has 8 aromatic carbocycles. The van der Waals surface area contributed by atoms with Gasteiger partial charge in [-0.2, -0.15) is 0 Å². The zero-order valence-corrected chi connectivity index (χ0v) is 32.0. The monoisotopic (exact) mass is 749 g/mol. The van der Waals surface area contributed by atoms with E-state index in [-0.39, 0.29) is 0 Å². The Balaban J connectivity index is 1.09. The first-order valence-electron chi connectivity index (χ1n) is 20.2. The fraction of sp³-hybridized carbons (Fsp3) is 0.0179. The van der Waals surface area contributed by atoms with Gasteiger partial charge in [0.15, 0.2) is 5.82 Å². The third kappa shape index (κ3) is 5.05. The lowest BCUT2D eigenvalue weighted by atomic mass is 9.69. The average Bonchev–Trinajstić information content (AvgIpc) is 3.80. The molecule has 3 nitrogen and oxygen atoms in total. The normalized spacial score (nSPS) is 14.5. The second-order valence-corrected chi connectivity index (χ2v) is 15.5. The van der Waals surface area contributed by atoms with Gasteiger partial charge in [0.1, 0.15) is 0 Å². The highest BCUT2D eigenvalue weighted by molar-refractivity contribution is 6.06. The van der Waals surface area contributed by atoms with Gasteiger partial charge in [-0.1, -0.05) is 188 Å². The lowest BCUT2D eigenvalue weighted by molar-refractivity contribution is 0.801. The summed E-state index contributed by atoms with van der Waals surface area (Å²) in [5.41, 5.74) is 19.9. The van der Waals surface area contributed by atoms with Crippen molar-refractivity contribution in [3.05, 3.63) is 235 Å². The summed E-state index contributed by atoms with van der Waals surface area (Å²) in [5, 5.41) is 1.18. The second-order valence-electron chi connectivity index (χ2n) is 15.5. The van der Waals surface area contributed by atoms with Gasteiger partial charge >= 0.3 is 0 Å². The summed E-state index contributed by atoms with van der Waals surface area (Å²) in [4.78, 5) is 15.8. The Labute approximate surface area is 343 Å². The van der Waals surface area contributed by atoms with Crippen LogP contribution in [0.3, 0.4) is 0 Å². The maximum Gasteiger partial charge on any atom is 0.160 e. The molecule has 10 aromatic rings. The van der Waals surface area contributed by atoms with Crippen molar-refractivity contribution < 1.29 is 0 Å². The first-order valence-corrected chi connectivity index (χ1v) is 20.2. The number of fused-ring (bicyclic) bond motifs is 12. The van der Waals surface area contributed by atoms with Crippen molar-refractivity contribution in [3.8, 4) is 78.5 Å². The molecule has 0 fully saturated rings. The molecule has 2 aromatic heterocycles. The predicted octanol–water partition coefficient (Wildman–Crippen LogP) is 13.7. The molecule has 2 heterocycles. The number of hydrogen-bond donors (Lipinski definition) is 0. The number of para-hydroxylation sites is 1. The molecule has 12 rings (SSSR count). The van der Waals surface area contributed by atoms with Crippen LogP contribution in [0.25, 0.3) is 89.4 Å². The lowest BCUT2D eigenvalue weighted by Gasteiger charge is -2.32. The Kier molecular flexibility index (Phi) is 7.45. The van der Waals surface area contributed by atoms with E-state index in [1.165, 1.54) is 49.9 Å². The molecule has 2 aliphatic rings. The van der Waals surface area contributed by atoms with E-state index in [1.54, 1.807) is 0 Å². The van der Waals surface area contributed by atoms with Crippen LogP contribution in [0, 0.1) is 0 Å². The van der Waals surface area contributed by atoms with Crippen LogP contribution in [0.4, 0.5) is 0 Å². The van der Waals surface area contributed by atoms with E-state index in [9.17, 15) is 0 Å². The molecule has 0 N–H and O–H groups in total. The molecule has 3 heteroatoms. The Morgan fingerprint density at radius 1 is 0.322 bits per heavy atom. The predicted molar refractivity (Wildman–Crippen MR) is 241 cm³/mol. The summed E-state index contributed by atoms with van der Waals surface area (Å²) in [6.07, 6.45) is 0. The number of aromatic nitrogens is 3. The molecular weight excluding hydrogens is 715 g/mol. The molecular formula is C56H35N3. The highest BCUT2D eigenvalue weighted by atomic mass is 14.9. The number of hydrogen-bond acceptors (Lipinski definition) is 3.